The molecule has 408 valence electrons. The maximum atomic E-state index is 14.8. The highest BCUT2D eigenvalue weighted by Gasteiger charge is 2.54. The molecule has 75 heavy (non-hydrogen) atoms. The number of esters is 1. The molecule has 0 radical (unpaired) electrons. The highest BCUT2D eigenvalue weighted by atomic mass is 19.3. The summed E-state index contributed by atoms with van der Waals surface area (Å²) >= 11 is 0. The van der Waals surface area contributed by atoms with Gasteiger partial charge in [0.1, 0.15) is 36.8 Å². The van der Waals surface area contributed by atoms with Crippen LogP contribution in [-0.2, 0) is 51.0 Å². The van der Waals surface area contributed by atoms with Crippen LogP contribution in [0.4, 0.5) is 14.5 Å². The van der Waals surface area contributed by atoms with Gasteiger partial charge in [-0.1, -0.05) is 34.6 Å². The number of methoxy groups -OCH3 is 1. The Kier molecular flexibility index (Phi) is 16.0. The van der Waals surface area contributed by atoms with Gasteiger partial charge in [-0.2, -0.15) is 0 Å². The fourth-order valence-corrected chi connectivity index (χ4v) is 12.2. The molecule has 7 heterocycles. The lowest BCUT2D eigenvalue weighted by molar-refractivity contribution is -0.157. The van der Waals surface area contributed by atoms with Gasteiger partial charge in [-0.15, -0.1) is 0 Å². The van der Waals surface area contributed by atoms with Crippen LogP contribution < -0.4 is 15.6 Å². The number of rotatable bonds is 15. The van der Waals surface area contributed by atoms with E-state index in [1.165, 1.54) is 24.1 Å². The van der Waals surface area contributed by atoms with E-state index in [1.807, 2.05) is 52.1 Å². The van der Waals surface area contributed by atoms with Crippen molar-refractivity contribution in [1.29, 1.82) is 0 Å². The van der Waals surface area contributed by atoms with Crippen molar-refractivity contribution in [2.24, 2.45) is 29.1 Å². The highest BCUT2D eigenvalue weighted by molar-refractivity contribution is 5.95. The lowest BCUT2D eigenvalue weighted by Gasteiger charge is -2.37. The van der Waals surface area contributed by atoms with Gasteiger partial charge < -0.3 is 42.9 Å². The summed E-state index contributed by atoms with van der Waals surface area (Å²) in [5.41, 5.74) is 8.63. The number of hydrogen-bond donors (Lipinski definition) is 2. The number of alkyl halides is 2. The standard InChI is InChI=1S/C56H76F2N8O9/c1-32(2)46-33(3)47(46)52(67)61-49-51(73-30-45(57)58)43-29-74-53(60-43)35-10-13-44-39(25-35)41(27-56(5,6)31-75-55(69)42-9-8-16-66(62-42)54(49)68)50(65(44)21-24-72-38-14-22-71-23-15-38)40-26-37(28-59-48(40)34(4)70-7)64-19-17-63(18-20-64)36-11-12-36/h10,13,25-26,28-29,32-34,36,38,42,45-47,49,51,62H,8-9,11-12,14-24,27,30-31H2,1-7H3,(H,61,67)/t33-,34+,42+,46+,47-,49+,51-/m1/s1. The number of fused-ring (bicyclic) bond motifs is 6. The van der Waals surface area contributed by atoms with Crippen LogP contribution in [0.5, 0.6) is 0 Å². The van der Waals surface area contributed by atoms with Gasteiger partial charge in [-0.3, -0.25) is 29.3 Å². The summed E-state index contributed by atoms with van der Waals surface area (Å²) in [5, 5.41) is 5.09. The average molecular weight is 1040 g/mol. The van der Waals surface area contributed by atoms with Crippen molar-refractivity contribution in [3.63, 3.8) is 0 Å². The third kappa shape index (κ3) is 11.6. The number of carbonyl (C=O) groups excluding carboxylic acids is 3. The zero-order chi connectivity index (χ0) is 52.7. The average Bonchev–Trinajstić information content (AvgIpc) is 4.30. The van der Waals surface area contributed by atoms with Gasteiger partial charge >= 0.3 is 5.97 Å². The molecule has 2 aliphatic carbocycles. The van der Waals surface area contributed by atoms with E-state index in [0.717, 1.165) is 78.1 Å². The van der Waals surface area contributed by atoms with Crippen LogP contribution in [-0.4, -0.2) is 146 Å². The topological polar surface area (TPSA) is 175 Å². The Morgan fingerprint density at radius 2 is 1.77 bits per heavy atom. The lowest BCUT2D eigenvalue weighted by atomic mass is 9.84. The van der Waals surface area contributed by atoms with Crippen molar-refractivity contribution in [2.75, 3.05) is 77.8 Å². The summed E-state index contributed by atoms with van der Waals surface area (Å²) in [7, 11) is 1.69. The van der Waals surface area contributed by atoms with Crippen LogP contribution in [0.1, 0.15) is 109 Å². The monoisotopic (exact) mass is 1040 g/mol. The Balaban J connectivity index is 1.12. The predicted molar refractivity (Wildman–Crippen MR) is 277 cm³/mol. The minimum absolute atomic E-state index is 0.0451. The highest BCUT2D eigenvalue weighted by Crippen LogP contribution is 2.51. The molecule has 2 N–H and O–H groups in total. The van der Waals surface area contributed by atoms with Crippen molar-refractivity contribution in [1.82, 2.24) is 35.2 Å². The Morgan fingerprint density at radius 3 is 2.48 bits per heavy atom. The number of cyclic esters (lactones) is 1. The van der Waals surface area contributed by atoms with E-state index >= 15 is 0 Å². The summed E-state index contributed by atoms with van der Waals surface area (Å²) in [6.45, 7) is 17.4. The second-order valence-electron chi connectivity index (χ2n) is 22.8. The quantitative estimate of drug-likeness (QED) is 0.112. The molecule has 0 spiro atoms. The number of nitrogens with one attached hydrogen (secondary N) is 2. The number of amides is 2. The van der Waals surface area contributed by atoms with E-state index in [4.69, 9.17) is 38.1 Å². The summed E-state index contributed by atoms with van der Waals surface area (Å²) in [5.74, 6) is -1.48. The van der Waals surface area contributed by atoms with Crippen LogP contribution in [0, 0.1) is 29.1 Å². The lowest BCUT2D eigenvalue weighted by Crippen LogP contribution is -2.61. The van der Waals surface area contributed by atoms with E-state index in [9.17, 15) is 23.2 Å². The molecular formula is C56H76F2N8O9. The molecule has 19 heteroatoms. The van der Waals surface area contributed by atoms with Crippen LogP contribution in [0.15, 0.2) is 41.1 Å². The number of nitrogens with zero attached hydrogens (tertiary/aromatic N) is 6. The Labute approximate surface area is 438 Å². The molecule has 1 aromatic carbocycles. The number of aromatic nitrogens is 3. The van der Waals surface area contributed by atoms with Crippen molar-refractivity contribution < 1.29 is 51.3 Å². The van der Waals surface area contributed by atoms with Crippen molar-refractivity contribution in [2.45, 2.75) is 136 Å². The van der Waals surface area contributed by atoms with Gasteiger partial charge in [0.15, 0.2) is 0 Å². The molecule has 0 unspecified atom stereocenters. The first-order valence-corrected chi connectivity index (χ1v) is 27.4. The third-order valence-corrected chi connectivity index (χ3v) is 16.5. The van der Waals surface area contributed by atoms with Crippen molar-refractivity contribution in [3.8, 4) is 22.7 Å². The first-order valence-electron chi connectivity index (χ1n) is 27.4. The molecule has 7 atom stereocenters. The molecule has 17 nitrogen and oxygen atoms in total. The normalized spacial score (nSPS) is 26.4. The van der Waals surface area contributed by atoms with E-state index in [2.05, 4.69) is 45.0 Å². The number of ether oxygens (including phenoxy) is 5. The number of pyridine rings is 1. The van der Waals surface area contributed by atoms with Gasteiger partial charge in [-0.25, -0.2) is 19.2 Å². The van der Waals surface area contributed by atoms with E-state index in [1.54, 1.807) is 7.11 Å². The summed E-state index contributed by atoms with van der Waals surface area (Å²) in [6.07, 6.45) is 4.01. The zero-order valence-electron chi connectivity index (χ0n) is 44.7. The third-order valence-electron chi connectivity index (χ3n) is 16.5. The number of hydrazine groups is 1. The first-order chi connectivity index (χ1) is 36.1. The largest absolute Gasteiger partial charge is 0.464 e. The Bertz CT molecular complexity index is 2680. The summed E-state index contributed by atoms with van der Waals surface area (Å²) in [6, 6.07) is 6.50. The van der Waals surface area contributed by atoms with Gasteiger partial charge in [0.05, 0.1) is 48.7 Å². The molecule has 5 fully saturated rings. The number of halogens is 2. The maximum Gasteiger partial charge on any atom is 0.324 e. The molecular weight excluding hydrogens is 967 g/mol. The second kappa shape index (κ2) is 22.5. The zero-order valence-corrected chi connectivity index (χ0v) is 44.7. The van der Waals surface area contributed by atoms with Gasteiger partial charge in [0.25, 0.3) is 12.3 Å². The SMILES string of the molecule is CO[C@@H](C)c1ncc(N2CCN(C3CC3)CC2)cc1-c1c2c3cc(ccc3n1CCOC1CCOCC1)-c1nc(co1)[C@@H](OCC(F)F)[C@H](NC(=O)[C@@H]1[C@H](C)[C@@H]1C(C)C)C(=O)N1CCC[C@H](N1)C(=O)OCC(C)(C)C2. The predicted octanol–water partition coefficient (Wildman–Crippen LogP) is 7.51. The van der Waals surface area contributed by atoms with Crippen LogP contribution in [0.2, 0.25) is 0 Å². The van der Waals surface area contributed by atoms with E-state index in [-0.39, 0.29) is 60.6 Å². The number of carbonyl (C=O) groups is 3. The van der Waals surface area contributed by atoms with Crippen LogP contribution >= 0.6 is 0 Å². The Morgan fingerprint density at radius 1 is 1.00 bits per heavy atom. The smallest absolute Gasteiger partial charge is 0.324 e. The minimum Gasteiger partial charge on any atom is -0.464 e. The maximum absolute atomic E-state index is 14.8. The number of piperazine rings is 1. The van der Waals surface area contributed by atoms with Gasteiger partial charge in [0.2, 0.25) is 11.8 Å². The molecule has 2 amide bonds. The molecule has 6 aliphatic rings. The minimum atomic E-state index is -2.90. The fourth-order valence-electron chi connectivity index (χ4n) is 12.2. The molecule has 3 aromatic heterocycles. The van der Waals surface area contributed by atoms with E-state index in [0.29, 0.717) is 57.2 Å². The van der Waals surface area contributed by atoms with Gasteiger partial charge in [0, 0.05) is 99.0 Å². The number of oxazole rings is 1. The van der Waals surface area contributed by atoms with Crippen LogP contribution in [0.25, 0.3) is 33.6 Å². The summed E-state index contributed by atoms with van der Waals surface area (Å²) < 4.78 is 67.4. The molecule has 6 bridgehead atoms. The first kappa shape index (κ1) is 53.4. The molecule has 10 rings (SSSR count). The van der Waals surface area contributed by atoms with E-state index < -0.39 is 54.4 Å². The molecule has 4 aliphatic heterocycles. The number of hydrogen-bond acceptors (Lipinski definition) is 14. The summed E-state index contributed by atoms with van der Waals surface area (Å²) in [4.78, 5) is 58.3. The fraction of sp³-hybridized carbons (Fsp3) is 0.661. The Hall–Kier alpha value is -5.05. The molecule has 4 aromatic rings. The van der Waals surface area contributed by atoms with Gasteiger partial charge in [-0.05, 0) is 99.5 Å². The number of benzene rings is 1. The second-order valence-corrected chi connectivity index (χ2v) is 22.8. The van der Waals surface area contributed by atoms with Crippen molar-refractivity contribution in [3.05, 3.63) is 53.7 Å². The van der Waals surface area contributed by atoms with Crippen LogP contribution in [0.3, 0.4) is 0 Å². The van der Waals surface area contributed by atoms with Crippen molar-refractivity contribution >= 4 is 34.4 Å². The molecule has 3 saturated heterocycles. The number of anilines is 1. The molecule has 2 saturated carbocycles.